The molecule has 0 radical (unpaired) electrons. The summed E-state index contributed by atoms with van der Waals surface area (Å²) in [5, 5.41) is 10.9. The van der Waals surface area contributed by atoms with Gasteiger partial charge in [-0.25, -0.2) is 0 Å². The Morgan fingerprint density at radius 3 is 2.21 bits per heavy atom. The fraction of sp³-hybridized carbons (Fsp3) is 0.480. The van der Waals surface area contributed by atoms with Gasteiger partial charge >= 0.3 is 0 Å². The van der Waals surface area contributed by atoms with Crippen LogP contribution >= 0.6 is 0 Å². The molecule has 0 atom stereocenters. The van der Waals surface area contributed by atoms with E-state index in [2.05, 4.69) is 34.1 Å². The Kier molecular flexibility index (Phi) is 6.31. The number of likely N-dealkylation sites (tertiary alicyclic amines) is 1. The van der Waals surface area contributed by atoms with E-state index in [1.807, 2.05) is 30.3 Å². The van der Waals surface area contributed by atoms with Gasteiger partial charge in [0.2, 0.25) is 0 Å². The number of carbonyl (C=O) groups excluding carboxylic acids is 1. The zero-order chi connectivity index (χ0) is 20.1. The fourth-order valence-corrected chi connectivity index (χ4v) is 4.53. The summed E-state index contributed by atoms with van der Waals surface area (Å²) < 4.78 is 0. The molecule has 4 rings (SSSR count). The maximum absolute atomic E-state index is 12.5. The van der Waals surface area contributed by atoms with E-state index >= 15 is 0 Å². The molecule has 2 aliphatic heterocycles. The molecule has 2 aliphatic rings. The molecule has 154 valence electrons. The van der Waals surface area contributed by atoms with Crippen molar-refractivity contribution in [3.8, 4) is 0 Å². The van der Waals surface area contributed by atoms with E-state index in [0.29, 0.717) is 18.4 Å². The van der Waals surface area contributed by atoms with Gasteiger partial charge in [0.15, 0.2) is 5.78 Å². The van der Waals surface area contributed by atoms with Crippen LogP contribution in [-0.2, 0) is 6.42 Å². The van der Waals surface area contributed by atoms with E-state index < -0.39 is 5.60 Å². The summed E-state index contributed by atoms with van der Waals surface area (Å²) in [4.78, 5) is 17.3. The lowest BCUT2D eigenvalue weighted by Crippen LogP contribution is -2.46. The van der Waals surface area contributed by atoms with Crippen molar-refractivity contribution in [2.75, 3.05) is 37.6 Å². The van der Waals surface area contributed by atoms with Gasteiger partial charge in [0.05, 0.1) is 5.60 Å². The molecule has 4 heteroatoms. The number of piperidine rings is 1. The van der Waals surface area contributed by atoms with Crippen LogP contribution in [0.5, 0.6) is 0 Å². The van der Waals surface area contributed by atoms with Crippen molar-refractivity contribution in [1.82, 2.24) is 4.90 Å². The minimum Gasteiger partial charge on any atom is -0.389 e. The van der Waals surface area contributed by atoms with Gasteiger partial charge < -0.3 is 14.9 Å². The number of nitrogens with zero attached hydrogens (tertiary/aromatic N) is 2. The second-order valence-electron chi connectivity index (χ2n) is 8.64. The van der Waals surface area contributed by atoms with Gasteiger partial charge in [0.1, 0.15) is 0 Å². The van der Waals surface area contributed by atoms with Gasteiger partial charge in [-0.15, -0.1) is 0 Å². The normalized spacial score (nSPS) is 19.4. The van der Waals surface area contributed by atoms with E-state index in [1.54, 1.807) is 0 Å². The monoisotopic (exact) mass is 392 g/mol. The van der Waals surface area contributed by atoms with E-state index in [4.69, 9.17) is 0 Å². The number of hydrogen-bond donors (Lipinski definition) is 1. The molecule has 2 fully saturated rings. The van der Waals surface area contributed by atoms with Crippen LogP contribution in [0, 0.1) is 0 Å². The molecule has 0 saturated carbocycles. The van der Waals surface area contributed by atoms with Crippen LogP contribution in [-0.4, -0.2) is 54.1 Å². The summed E-state index contributed by atoms with van der Waals surface area (Å²) in [7, 11) is 0. The number of ketones is 1. The highest BCUT2D eigenvalue weighted by atomic mass is 16.3. The van der Waals surface area contributed by atoms with Crippen LogP contribution in [0.15, 0.2) is 54.6 Å². The standard InChI is InChI=1S/C25H32N2O2/c28-24(22-6-2-1-3-7-22)20-25(29)13-18-26(19-14-25)17-12-21-8-10-23(11-9-21)27-15-4-5-16-27/h1-3,6-11,29H,4-5,12-20H2. The summed E-state index contributed by atoms with van der Waals surface area (Å²) in [6.07, 6.45) is 5.20. The Bertz CT molecular complexity index is 789. The number of benzene rings is 2. The van der Waals surface area contributed by atoms with Crippen LogP contribution in [0.2, 0.25) is 0 Å². The van der Waals surface area contributed by atoms with Gasteiger partial charge in [-0.1, -0.05) is 42.5 Å². The highest BCUT2D eigenvalue weighted by Gasteiger charge is 2.34. The predicted molar refractivity (Wildman–Crippen MR) is 118 cm³/mol. The summed E-state index contributed by atoms with van der Waals surface area (Å²) >= 11 is 0. The average Bonchev–Trinajstić information content (AvgIpc) is 3.29. The summed E-state index contributed by atoms with van der Waals surface area (Å²) in [5.74, 6) is 0.0413. The smallest absolute Gasteiger partial charge is 0.165 e. The van der Waals surface area contributed by atoms with Gasteiger partial charge in [0.25, 0.3) is 0 Å². The molecule has 0 amide bonds. The van der Waals surface area contributed by atoms with Crippen LogP contribution in [0.4, 0.5) is 5.69 Å². The molecule has 0 aliphatic carbocycles. The fourth-order valence-electron chi connectivity index (χ4n) is 4.53. The Morgan fingerprint density at radius 1 is 0.897 bits per heavy atom. The van der Waals surface area contributed by atoms with Crippen molar-refractivity contribution in [2.45, 2.75) is 44.1 Å². The van der Waals surface area contributed by atoms with Gasteiger partial charge in [-0.3, -0.25) is 4.79 Å². The summed E-state index contributed by atoms with van der Waals surface area (Å²) in [6, 6.07) is 18.3. The SMILES string of the molecule is O=C(CC1(O)CCN(CCc2ccc(N3CCCC3)cc2)CC1)c1ccccc1. The van der Waals surface area contributed by atoms with Crippen molar-refractivity contribution in [2.24, 2.45) is 0 Å². The maximum atomic E-state index is 12.5. The van der Waals surface area contributed by atoms with E-state index in [1.165, 1.54) is 37.2 Å². The van der Waals surface area contributed by atoms with Gasteiger partial charge in [-0.2, -0.15) is 0 Å². The summed E-state index contributed by atoms with van der Waals surface area (Å²) in [5.41, 5.74) is 2.55. The molecule has 2 heterocycles. The lowest BCUT2D eigenvalue weighted by Gasteiger charge is -2.38. The first-order valence-electron chi connectivity index (χ1n) is 11.0. The molecule has 2 aromatic carbocycles. The molecular weight excluding hydrogens is 360 g/mol. The first-order chi connectivity index (χ1) is 14.1. The molecule has 0 aromatic heterocycles. The predicted octanol–water partition coefficient (Wildman–Crippen LogP) is 3.93. The zero-order valence-corrected chi connectivity index (χ0v) is 17.2. The van der Waals surface area contributed by atoms with Crippen LogP contribution in [0.25, 0.3) is 0 Å². The molecule has 4 nitrogen and oxygen atoms in total. The number of carbonyl (C=O) groups is 1. The Hall–Kier alpha value is -2.17. The van der Waals surface area contributed by atoms with Crippen molar-refractivity contribution >= 4 is 11.5 Å². The van der Waals surface area contributed by atoms with Crippen LogP contribution in [0.3, 0.4) is 0 Å². The highest BCUT2D eigenvalue weighted by molar-refractivity contribution is 5.96. The van der Waals surface area contributed by atoms with E-state index in [9.17, 15) is 9.90 Å². The maximum Gasteiger partial charge on any atom is 0.165 e. The third kappa shape index (κ3) is 5.26. The van der Waals surface area contributed by atoms with Crippen LogP contribution < -0.4 is 4.90 Å². The minimum atomic E-state index is -0.860. The molecular formula is C25H32N2O2. The first-order valence-corrected chi connectivity index (χ1v) is 11.0. The number of hydrogen-bond acceptors (Lipinski definition) is 4. The molecule has 1 N–H and O–H groups in total. The van der Waals surface area contributed by atoms with Crippen molar-refractivity contribution in [1.29, 1.82) is 0 Å². The Morgan fingerprint density at radius 2 is 1.55 bits per heavy atom. The highest BCUT2D eigenvalue weighted by Crippen LogP contribution is 2.27. The number of anilines is 1. The molecule has 0 unspecified atom stereocenters. The molecule has 0 bridgehead atoms. The largest absolute Gasteiger partial charge is 0.389 e. The van der Waals surface area contributed by atoms with Gasteiger partial charge in [0, 0.05) is 50.4 Å². The number of aliphatic hydroxyl groups is 1. The Labute approximate surface area is 174 Å². The van der Waals surface area contributed by atoms with Crippen molar-refractivity contribution in [3.63, 3.8) is 0 Å². The van der Waals surface area contributed by atoms with Crippen molar-refractivity contribution in [3.05, 3.63) is 65.7 Å². The minimum absolute atomic E-state index is 0.0413. The third-order valence-electron chi connectivity index (χ3n) is 6.50. The lowest BCUT2D eigenvalue weighted by atomic mass is 9.85. The number of rotatable bonds is 7. The molecule has 2 aromatic rings. The number of Topliss-reactive ketones (excluding diaryl/α,β-unsaturated/α-hetero) is 1. The average molecular weight is 393 g/mol. The lowest BCUT2D eigenvalue weighted by molar-refractivity contribution is -0.0221. The van der Waals surface area contributed by atoms with E-state index in [0.717, 1.165) is 26.1 Å². The van der Waals surface area contributed by atoms with Crippen LogP contribution in [0.1, 0.15) is 48.0 Å². The molecule has 0 spiro atoms. The Balaban J connectivity index is 1.23. The first kappa shape index (κ1) is 20.1. The second kappa shape index (κ2) is 9.10. The molecule has 29 heavy (non-hydrogen) atoms. The van der Waals surface area contributed by atoms with E-state index in [-0.39, 0.29) is 12.2 Å². The topological polar surface area (TPSA) is 43.8 Å². The van der Waals surface area contributed by atoms with Gasteiger partial charge in [-0.05, 0) is 49.8 Å². The third-order valence-corrected chi connectivity index (χ3v) is 6.50. The van der Waals surface area contributed by atoms with Crippen molar-refractivity contribution < 1.29 is 9.90 Å². The quantitative estimate of drug-likeness (QED) is 0.725. The second-order valence-corrected chi connectivity index (χ2v) is 8.64. The zero-order valence-electron chi connectivity index (χ0n) is 17.2. The summed E-state index contributed by atoms with van der Waals surface area (Å²) in [6.45, 7) is 5.08. The molecule has 2 saturated heterocycles.